The highest BCUT2D eigenvalue weighted by Crippen LogP contribution is 2.30. The van der Waals surface area contributed by atoms with E-state index in [9.17, 15) is 0 Å². The average molecular weight is 334 g/mol. The van der Waals surface area contributed by atoms with E-state index in [-0.39, 0.29) is 6.04 Å². The van der Waals surface area contributed by atoms with Crippen molar-refractivity contribution in [3.63, 3.8) is 0 Å². The smallest absolute Gasteiger partial charge is 0.0593 e. The molecule has 1 aliphatic heterocycles. The van der Waals surface area contributed by atoms with Crippen molar-refractivity contribution in [1.82, 2.24) is 4.90 Å². The van der Waals surface area contributed by atoms with Crippen LogP contribution in [-0.4, -0.2) is 37.7 Å². The molecule has 5 heteroatoms. The van der Waals surface area contributed by atoms with Crippen LogP contribution in [0, 0.1) is 0 Å². The van der Waals surface area contributed by atoms with Crippen LogP contribution in [0.4, 0.5) is 0 Å². The summed E-state index contributed by atoms with van der Waals surface area (Å²) < 4.78 is 6.55. The first-order valence-corrected chi connectivity index (χ1v) is 7.36. The van der Waals surface area contributed by atoms with E-state index in [1.165, 1.54) is 0 Å². The monoisotopic (exact) mass is 332 g/mol. The van der Waals surface area contributed by atoms with Crippen molar-refractivity contribution < 1.29 is 4.74 Å². The largest absolute Gasteiger partial charge is 0.380 e. The Balaban J connectivity index is 2.23. The highest BCUT2D eigenvalue weighted by atomic mass is 79.9. The fourth-order valence-electron chi connectivity index (χ4n) is 2.32. The normalized spacial score (nSPS) is 19.5. The predicted octanol–water partition coefficient (Wildman–Crippen LogP) is 2.82. The Labute approximate surface area is 121 Å². The van der Waals surface area contributed by atoms with Crippen LogP contribution in [0.25, 0.3) is 0 Å². The van der Waals surface area contributed by atoms with Gasteiger partial charge in [-0.15, -0.1) is 0 Å². The van der Waals surface area contributed by atoms with Crippen LogP contribution in [0.15, 0.2) is 22.7 Å². The van der Waals surface area contributed by atoms with E-state index < -0.39 is 0 Å². The molecule has 1 heterocycles. The molecule has 0 amide bonds. The minimum atomic E-state index is 0.194. The maximum absolute atomic E-state index is 6.08. The highest BCUT2D eigenvalue weighted by molar-refractivity contribution is 9.10. The molecular weight excluding hydrogens is 316 g/mol. The number of hydrogen-bond donors (Lipinski definition) is 1. The van der Waals surface area contributed by atoms with Crippen LogP contribution >= 0.6 is 27.5 Å². The summed E-state index contributed by atoms with van der Waals surface area (Å²) in [5.74, 6) is 0. The van der Waals surface area contributed by atoms with E-state index in [2.05, 4.69) is 20.8 Å². The van der Waals surface area contributed by atoms with Crippen molar-refractivity contribution in [2.24, 2.45) is 5.73 Å². The van der Waals surface area contributed by atoms with Crippen molar-refractivity contribution in [2.75, 3.05) is 32.8 Å². The van der Waals surface area contributed by atoms with Gasteiger partial charge in [0.25, 0.3) is 0 Å². The van der Waals surface area contributed by atoms with Gasteiger partial charge >= 0.3 is 0 Å². The van der Waals surface area contributed by atoms with Crippen molar-refractivity contribution in [2.45, 2.75) is 12.5 Å². The Hall–Kier alpha value is -0.130. The topological polar surface area (TPSA) is 38.5 Å². The first-order valence-electron chi connectivity index (χ1n) is 6.19. The Kier molecular flexibility index (Phi) is 5.45. The first-order chi connectivity index (χ1) is 8.72. The highest BCUT2D eigenvalue weighted by Gasteiger charge is 2.22. The van der Waals surface area contributed by atoms with E-state index in [1.54, 1.807) is 0 Å². The quantitative estimate of drug-likeness (QED) is 0.924. The summed E-state index contributed by atoms with van der Waals surface area (Å²) in [6.07, 6.45) is 1.05. The van der Waals surface area contributed by atoms with Crippen molar-refractivity contribution in [1.29, 1.82) is 0 Å². The lowest BCUT2D eigenvalue weighted by atomic mass is 10.1. The van der Waals surface area contributed by atoms with Crippen LogP contribution in [0.3, 0.4) is 0 Å². The number of benzene rings is 1. The molecule has 0 aliphatic carbocycles. The molecule has 1 aromatic rings. The molecule has 18 heavy (non-hydrogen) atoms. The SMILES string of the molecule is NCC(c1cc(Cl)ccc1Br)N1CCCOCC1. The molecule has 100 valence electrons. The summed E-state index contributed by atoms with van der Waals surface area (Å²) in [6, 6.07) is 6.05. The Bertz CT molecular complexity index is 395. The number of ether oxygens (including phenoxy) is 1. The van der Waals surface area contributed by atoms with Gasteiger partial charge in [0.1, 0.15) is 0 Å². The van der Waals surface area contributed by atoms with Gasteiger partial charge < -0.3 is 10.5 Å². The maximum atomic E-state index is 6.08. The van der Waals surface area contributed by atoms with Gasteiger partial charge in [0.15, 0.2) is 0 Å². The third-order valence-electron chi connectivity index (χ3n) is 3.24. The summed E-state index contributed by atoms with van der Waals surface area (Å²) in [4.78, 5) is 2.38. The second-order valence-electron chi connectivity index (χ2n) is 4.42. The molecule has 1 aromatic carbocycles. The zero-order chi connectivity index (χ0) is 13.0. The van der Waals surface area contributed by atoms with Gasteiger partial charge in [0, 0.05) is 41.8 Å². The molecule has 1 atom stereocenters. The zero-order valence-corrected chi connectivity index (χ0v) is 12.6. The predicted molar refractivity (Wildman–Crippen MR) is 78.0 cm³/mol. The van der Waals surface area contributed by atoms with Crippen LogP contribution in [0.5, 0.6) is 0 Å². The van der Waals surface area contributed by atoms with Crippen LogP contribution in [0.2, 0.25) is 5.02 Å². The minimum Gasteiger partial charge on any atom is -0.380 e. The molecule has 0 saturated carbocycles. The van der Waals surface area contributed by atoms with E-state index in [4.69, 9.17) is 22.1 Å². The number of nitrogens with two attached hydrogens (primary N) is 1. The van der Waals surface area contributed by atoms with Crippen molar-refractivity contribution >= 4 is 27.5 Å². The van der Waals surface area contributed by atoms with Gasteiger partial charge in [-0.25, -0.2) is 0 Å². The van der Waals surface area contributed by atoms with E-state index >= 15 is 0 Å². The second kappa shape index (κ2) is 6.87. The fraction of sp³-hybridized carbons (Fsp3) is 0.538. The van der Waals surface area contributed by atoms with E-state index in [0.29, 0.717) is 6.54 Å². The minimum absolute atomic E-state index is 0.194. The third-order valence-corrected chi connectivity index (χ3v) is 4.20. The van der Waals surface area contributed by atoms with Crippen molar-refractivity contribution in [3.8, 4) is 0 Å². The summed E-state index contributed by atoms with van der Waals surface area (Å²) >= 11 is 9.67. The first kappa shape index (κ1) is 14.3. The number of rotatable bonds is 3. The molecule has 1 aliphatic rings. The molecule has 1 unspecified atom stereocenters. The summed E-state index contributed by atoms with van der Waals surface area (Å²) in [6.45, 7) is 4.12. The van der Waals surface area contributed by atoms with E-state index in [1.807, 2.05) is 18.2 Å². The molecule has 0 bridgehead atoms. The third kappa shape index (κ3) is 3.45. The van der Waals surface area contributed by atoms with Gasteiger partial charge in [-0.3, -0.25) is 4.90 Å². The Morgan fingerprint density at radius 2 is 2.22 bits per heavy atom. The summed E-state index contributed by atoms with van der Waals surface area (Å²) in [5, 5.41) is 0.748. The van der Waals surface area contributed by atoms with E-state index in [0.717, 1.165) is 47.8 Å². The molecule has 0 aromatic heterocycles. The second-order valence-corrected chi connectivity index (χ2v) is 5.71. The zero-order valence-electron chi connectivity index (χ0n) is 10.2. The van der Waals surface area contributed by atoms with Gasteiger partial charge in [-0.05, 0) is 30.2 Å². The lowest BCUT2D eigenvalue weighted by molar-refractivity contribution is 0.132. The van der Waals surface area contributed by atoms with Gasteiger partial charge in [0.05, 0.1) is 6.61 Å². The van der Waals surface area contributed by atoms with Crippen molar-refractivity contribution in [3.05, 3.63) is 33.3 Å². The molecule has 2 rings (SSSR count). The molecule has 1 fully saturated rings. The standard InChI is InChI=1S/C13H18BrClN2O/c14-12-3-2-10(15)8-11(12)13(9-16)17-4-1-6-18-7-5-17/h2-3,8,13H,1,4-7,9,16H2. The number of nitrogens with zero attached hydrogens (tertiary/aromatic N) is 1. The lowest BCUT2D eigenvalue weighted by Gasteiger charge is -2.30. The number of halogens is 2. The van der Waals surface area contributed by atoms with Crippen LogP contribution in [0.1, 0.15) is 18.0 Å². The molecule has 2 N–H and O–H groups in total. The van der Waals surface area contributed by atoms with Gasteiger partial charge in [-0.1, -0.05) is 27.5 Å². The Morgan fingerprint density at radius 1 is 1.39 bits per heavy atom. The van der Waals surface area contributed by atoms with Crippen LogP contribution in [-0.2, 0) is 4.74 Å². The van der Waals surface area contributed by atoms with Gasteiger partial charge in [0.2, 0.25) is 0 Å². The Morgan fingerprint density at radius 3 is 3.00 bits per heavy atom. The fourth-order valence-corrected chi connectivity index (χ4v) is 3.01. The molecule has 1 saturated heterocycles. The summed E-state index contributed by atoms with van der Waals surface area (Å²) in [7, 11) is 0. The molecule has 0 radical (unpaired) electrons. The maximum Gasteiger partial charge on any atom is 0.0593 e. The molecular formula is C13H18BrClN2O. The molecule has 3 nitrogen and oxygen atoms in total. The summed E-state index contributed by atoms with van der Waals surface area (Å²) in [5.41, 5.74) is 7.12. The average Bonchev–Trinajstić information content (AvgIpc) is 2.64. The lowest BCUT2D eigenvalue weighted by Crippen LogP contribution is -2.35. The van der Waals surface area contributed by atoms with Crippen LogP contribution < -0.4 is 5.73 Å². The van der Waals surface area contributed by atoms with Gasteiger partial charge in [-0.2, -0.15) is 0 Å². The number of hydrogen-bond acceptors (Lipinski definition) is 3. The molecule has 0 spiro atoms.